The Labute approximate surface area is 111 Å². The summed E-state index contributed by atoms with van der Waals surface area (Å²) in [6, 6.07) is 7.14. The lowest BCUT2D eigenvalue weighted by Gasteiger charge is -2.24. The van der Waals surface area contributed by atoms with Crippen molar-refractivity contribution in [1.82, 2.24) is 0 Å². The van der Waals surface area contributed by atoms with Crippen LogP contribution in [0.1, 0.15) is 12.0 Å². The van der Waals surface area contributed by atoms with Crippen molar-refractivity contribution in [2.45, 2.75) is 12.0 Å². The zero-order valence-electron chi connectivity index (χ0n) is 10.4. The minimum Gasteiger partial charge on any atom is -0.497 e. The van der Waals surface area contributed by atoms with Crippen molar-refractivity contribution in [2.24, 2.45) is 4.99 Å². The average Bonchev–Trinajstić information content (AvgIpc) is 2.86. The number of allylic oxidation sites excluding steroid dienone is 1. The van der Waals surface area contributed by atoms with Crippen molar-refractivity contribution >= 4 is 16.4 Å². The van der Waals surface area contributed by atoms with E-state index in [1.807, 2.05) is 0 Å². The van der Waals surface area contributed by atoms with Crippen LogP contribution in [-0.2, 0) is 15.8 Å². The molecule has 1 atom stereocenters. The number of ether oxygens (including phenoxy) is 1. The Hall–Kier alpha value is -1.69. The summed E-state index contributed by atoms with van der Waals surface area (Å²) in [5.41, 5.74) is 0.00719. The molecule has 0 saturated carbocycles. The molecule has 0 saturated heterocycles. The van der Waals surface area contributed by atoms with Gasteiger partial charge in [-0.3, -0.25) is 4.99 Å². The SMILES string of the molecule is COc1ccc(C2(CCS(=O)(=O)F)C=CC=N2)cc1. The molecule has 0 fully saturated rings. The topological polar surface area (TPSA) is 55.7 Å². The van der Waals surface area contributed by atoms with Crippen LogP contribution in [0.25, 0.3) is 0 Å². The van der Waals surface area contributed by atoms with Crippen LogP contribution in [0.15, 0.2) is 41.4 Å². The van der Waals surface area contributed by atoms with Gasteiger partial charge >= 0.3 is 10.2 Å². The van der Waals surface area contributed by atoms with Gasteiger partial charge in [-0.05, 0) is 30.2 Å². The lowest BCUT2D eigenvalue weighted by atomic mass is 9.88. The fourth-order valence-corrected chi connectivity index (χ4v) is 2.60. The van der Waals surface area contributed by atoms with E-state index in [1.54, 1.807) is 49.7 Å². The van der Waals surface area contributed by atoms with Gasteiger partial charge in [0.2, 0.25) is 0 Å². The molecule has 19 heavy (non-hydrogen) atoms. The summed E-state index contributed by atoms with van der Waals surface area (Å²) in [5, 5.41) is 0. The predicted molar refractivity (Wildman–Crippen MR) is 71.8 cm³/mol. The molecular formula is C13H14FNO3S. The first kappa shape index (κ1) is 13.7. The van der Waals surface area contributed by atoms with Crippen LogP contribution in [0.4, 0.5) is 3.89 Å². The van der Waals surface area contributed by atoms with Crippen LogP contribution in [-0.4, -0.2) is 27.5 Å². The van der Waals surface area contributed by atoms with Crippen molar-refractivity contribution in [1.29, 1.82) is 0 Å². The quantitative estimate of drug-likeness (QED) is 0.779. The molecule has 0 amide bonds. The molecule has 4 nitrogen and oxygen atoms in total. The molecule has 1 unspecified atom stereocenters. The lowest BCUT2D eigenvalue weighted by Crippen LogP contribution is -2.22. The fraction of sp³-hybridized carbons (Fsp3) is 0.308. The number of hydrogen-bond donors (Lipinski definition) is 0. The molecule has 0 aromatic heterocycles. The Morgan fingerprint density at radius 1 is 1.32 bits per heavy atom. The molecule has 102 valence electrons. The van der Waals surface area contributed by atoms with Crippen LogP contribution in [0, 0.1) is 0 Å². The maximum Gasteiger partial charge on any atom is 0.302 e. The number of nitrogens with zero attached hydrogens (tertiary/aromatic N) is 1. The molecule has 1 heterocycles. The number of methoxy groups -OCH3 is 1. The molecular weight excluding hydrogens is 269 g/mol. The first-order chi connectivity index (χ1) is 8.95. The van der Waals surface area contributed by atoms with Crippen LogP contribution >= 0.6 is 0 Å². The van der Waals surface area contributed by atoms with Gasteiger partial charge in [-0.15, -0.1) is 3.89 Å². The van der Waals surface area contributed by atoms with E-state index in [-0.39, 0.29) is 6.42 Å². The normalized spacial score (nSPS) is 21.8. The Morgan fingerprint density at radius 3 is 2.47 bits per heavy atom. The fourth-order valence-electron chi connectivity index (χ4n) is 2.04. The third-order valence-corrected chi connectivity index (χ3v) is 3.77. The maximum atomic E-state index is 12.7. The van der Waals surface area contributed by atoms with Crippen LogP contribution in [0.5, 0.6) is 5.75 Å². The molecule has 6 heteroatoms. The highest BCUT2D eigenvalue weighted by molar-refractivity contribution is 7.86. The Morgan fingerprint density at radius 2 is 2.00 bits per heavy atom. The zero-order chi connectivity index (χ0) is 13.9. The lowest BCUT2D eigenvalue weighted by molar-refractivity contribution is 0.414. The summed E-state index contributed by atoms with van der Waals surface area (Å²) in [6.07, 6.45) is 5.18. The van der Waals surface area contributed by atoms with Crippen molar-refractivity contribution < 1.29 is 17.0 Å². The van der Waals surface area contributed by atoms with Crippen LogP contribution < -0.4 is 4.74 Å². The van der Waals surface area contributed by atoms with Gasteiger partial charge in [0, 0.05) is 6.21 Å². The third-order valence-electron chi connectivity index (χ3n) is 3.08. The summed E-state index contributed by atoms with van der Waals surface area (Å²) in [7, 11) is -2.94. The van der Waals surface area contributed by atoms with E-state index in [2.05, 4.69) is 4.99 Å². The second-order valence-corrected chi connectivity index (χ2v) is 5.77. The molecule has 0 spiro atoms. The van der Waals surface area contributed by atoms with Crippen LogP contribution in [0.2, 0.25) is 0 Å². The first-order valence-electron chi connectivity index (χ1n) is 5.75. The molecule has 0 radical (unpaired) electrons. The van der Waals surface area contributed by atoms with Crippen LogP contribution in [0.3, 0.4) is 0 Å². The highest BCUT2D eigenvalue weighted by Gasteiger charge is 2.31. The minimum absolute atomic E-state index is 0.0746. The van der Waals surface area contributed by atoms with Gasteiger partial charge in [0.15, 0.2) is 0 Å². The van der Waals surface area contributed by atoms with E-state index in [0.29, 0.717) is 5.75 Å². The van der Waals surface area contributed by atoms with Crippen molar-refractivity contribution in [3.05, 3.63) is 42.0 Å². The molecule has 0 N–H and O–H groups in total. The summed E-state index contributed by atoms with van der Waals surface area (Å²) in [6.45, 7) is 0. The molecule has 1 aliphatic heterocycles. The van der Waals surface area contributed by atoms with Gasteiger partial charge < -0.3 is 4.74 Å². The molecule has 1 aromatic rings. The Bertz CT molecular complexity index is 593. The third kappa shape index (κ3) is 3.20. The predicted octanol–water partition coefficient (Wildman–Crippen LogP) is 2.22. The van der Waals surface area contributed by atoms with Crippen molar-refractivity contribution in [3.8, 4) is 5.75 Å². The van der Waals surface area contributed by atoms with E-state index in [4.69, 9.17) is 4.74 Å². The monoisotopic (exact) mass is 283 g/mol. The van der Waals surface area contributed by atoms with Gasteiger partial charge in [0.05, 0.1) is 12.9 Å². The maximum absolute atomic E-state index is 12.7. The van der Waals surface area contributed by atoms with E-state index >= 15 is 0 Å². The van der Waals surface area contributed by atoms with Crippen molar-refractivity contribution in [3.63, 3.8) is 0 Å². The summed E-state index contributed by atoms with van der Waals surface area (Å²) in [4.78, 5) is 4.29. The standard InChI is InChI=1S/C13H14FNO3S/c1-18-12-5-3-11(4-6-12)13(7-2-9-15-13)8-10-19(14,16)17/h2-7,9H,8,10H2,1H3. The zero-order valence-corrected chi connectivity index (χ0v) is 11.2. The van der Waals surface area contributed by atoms with Gasteiger partial charge in [-0.1, -0.05) is 18.2 Å². The summed E-state index contributed by atoms with van der Waals surface area (Å²) in [5.74, 6) is 0.142. The Balaban J connectivity index is 2.29. The van der Waals surface area contributed by atoms with Gasteiger partial charge in [-0.25, -0.2) is 0 Å². The first-order valence-corrected chi connectivity index (χ1v) is 7.30. The number of hydrogen-bond acceptors (Lipinski definition) is 4. The second kappa shape index (κ2) is 5.13. The number of rotatable bonds is 5. The average molecular weight is 283 g/mol. The highest BCUT2D eigenvalue weighted by atomic mass is 32.3. The number of halogens is 1. The largest absolute Gasteiger partial charge is 0.497 e. The van der Waals surface area contributed by atoms with E-state index in [1.165, 1.54) is 0 Å². The van der Waals surface area contributed by atoms with E-state index < -0.39 is 21.5 Å². The van der Waals surface area contributed by atoms with Gasteiger partial charge in [0.25, 0.3) is 0 Å². The molecule has 0 aliphatic carbocycles. The minimum atomic E-state index is -4.50. The van der Waals surface area contributed by atoms with E-state index in [0.717, 1.165) is 5.56 Å². The highest BCUT2D eigenvalue weighted by Crippen LogP contribution is 2.35. The molecule has 0 bridgehead atoms. The molecule has 1 aromatic carbocycles. The molecule has 1 aliphatic rings. The Kier molecular flexibility index (Phi) is 3.71. The van der Waals surface area contributed by atoms with E-state index in [9.17, 15) is 12.3 Å². The number of benzene rings is 1. The summed E-state index contributed by atoms with van der Waals surface area (Å²) < 4.78 is 39.2. The van der Waals surface area contributed by atoms with Crippen molar-refractivity contribution in [2.75, 3.05) is 12.9 Å². The van der Waals surface area contributed by atoms with Gasteiger partial charge in [0.1, 0.15) is 11.3 Å². The van der Waals surface area contributed by atoms with Gasteiger partial charge in [-0.2, -0.15) is 8.42 Å². The summed E-state index contributed by atoms with van der Waals surface area (Å²) >= 11 is 0. The molecule has 2 rings (SSSR count). The second-order valence-electron chi connectivity index (χ2n) is 4.28. The smallest absolute Gasteiger partial charge is 0.302 e. The number of aliphatic imine (C=N–C) groups is 1.